The minimum absolute atomic E-state index is 0.162. The molecule has 2 nitrogen and oxygen atoms in total. The predicted molar refractivity (Wildman–Crippen MR) is 116 cm³/mol. The van der Waals surface area contributed by atoms with Gasteiger partial charge < -0.3 is 5.32 Å². The normalized spacial score (nSPS) is 31.2. The van der Waals surface area contributed by atoms with Crippen LogP contribution in [0.5, 0.6) is 0 Å². The molecule has 0 aromatic heterocycles. The molecule has 0 spiro atoms. The Morgan fingerprint density at radius 1 is 1.00 bits per heavy atom. The second kappa shape index (κ2) is 9.57. The van der Waals surface area contributed by atoms with E-state index in [0.29, 0.717) is 19.0 Å². The molecular formula is C24H47FN2. The fourth-order valence-electron chi connectivity index (χ4n) is 5.67. The number of hydrogen-bond acceptors (Lipinski definition) is 2. The summed E-state index contributed by atoms with van der Waals surface area (Å²) in [5, 5.41) is 3.81. The van der Waals surface area contributed by atoms with Crippen molar-refractivity contribution in [1.29, 1.82) is 0 Å². The molecule has 0 radical (unpaired) electrons. The van der Waals surface area contributed by atoms with Crippen molar-refractivity contribution >= 4 is 0 Å². The third-order valence-electron chi connectivity index (χ3n) is 8.02. The highest BCUT2D eigenvalue weighted by molar-refractivity contribution is 5.10. The minimum Gasteiger partial charge on any atom is -0.309 e. The molecule has 3 heteroatoms. The summed E-state index contributed by atoms with van der Waals surface area (Å²) in [6, 6.07) is 0.356. The van der Waals surface area contributed by atoms with Crippen LogP contribution >= 0.6 is 0 Å². The Labute approximate surface area is 169 Å². The van der Waals surface area contributed by atoms with Crippen LogP contribution in [0.25, 0.3) is 0 Å². The first kappa shape index (κ1) is 23.1. The lowest BCUT2D eigenvalue weighted by Crippen LogP contribution is -2.49. The molecule has 27 heavy (non-hydrogen) atoms. The molecule has 1 saturated heterocycles. The number of unbranched alkanes of at least 4 members (excludes halogenated alkanes) is 3. The molecule has 2 aliphatic rings. The van der Waals surface area contributed by atoms with E-state index in [9.17, 15) is 0 Å². The number of halogens is 1. The summed E-state index contributed by atoms with van der Waals surface area (Å²) < 4.78 is 15.9. The van der Waals surface area contributed by atoms with Crippen molar-refractivity contribution in [3.05, 3.63) is 0 Å². The summed E-state index contributed by atoms with van der Waals surface area (Å²) in [6.07, 6.45) is 12.8. The monoisotopic (exact) mass is 382 g/mol. The van der Waals surface area contributed by atoms with Crippen LogP contribution in [-0.4, -0.2) is 40.8 Å². The highest BCUT2D eigenvalue weighted by Crippen LogP contribution is 2.48. The molecule has 1 saturated carbocycles. The van der Waals surface area contributed by atoms with Gasteiger partial charge in [-0.05, 0) is 52.4 Å². The SMILES string of the molecule is CCCCCCC(C)(CCC)N1CC2CC(NC(C)(CC)CC)CC2(F)C1. The number of nitrogens with one attached hydrogen (secondary N) is 1. The third-order valence-corrected chi connectivity index (χ3v) is 8.02. The first-order valence-corrected chi connectivity index (χ1v) is 12.0. The van der Waals surface area contributed by atoms with Gasteiger partial charge in [-0.3, -0.25) is 4.90 Å². The summed E-state index contributed by atoms with van der Waals surface area (Å²) >= 11 is 0. The zero-order valence-electron chi connectivity index (χ0n) is 19.2. The standard InChI is InChI=1S/C24H47FN2/c1-7-11-12-13-15-23(6,14-8-2)27-18-20-16-21(17-24(20,25)19-27)26-22(5,9-3)10-4/h20-21,26H,7-19H2,1-6H3. The maximum absolute atomic E-state index is 15.9. The Kier molecular flexibility index (Phi) is 8.20. The average Bonchev–Trinajstić information content (AvgIpc) is 3.10. The summed E-state index contributed by atoms with van der Waals surface area (Å²) in [7, 11) is 0. The largest absolute Gasteiger partial charge is 0.309 e. The molecule has 1 N–H and O–H groups in total. The van der Waals surface area contributed by atoms with Crippen molar-refractivity contribution in [3.8, 4) is 0 Å². The van der Waals surface area contributed by atoms with Gasteiger partial charge in [0, 0.05) is 36.1 Å². The van der Waals surface area contributed by atoms with Crippen molar-refractivity contribution in [3.63, 3.8) is 0 Å². The van der Waals surface area contributed by atoms with Crippen LogP contribution in [0.1, 0.15) is 112 Å². The van der Waals surface area contributed by atoms with Crippen molar-refractivity contribution in [2.45, 2.75) is 135 Å². The molecule has 0 bridgehead atoms. The van der Waals surface area contributed by atoms with E-state index in [-0.39, 0.29) is 17.0 Å². The van der Waals surface area contributed by atoms with Gasteiger partial charge in [-0.15, -0.1) is 0 Å². The van der Waals surface area contributed by atoms with Crippen molar-refractivity contribution in [2.24, 2.45) is 5.92 Å². The number of hydrogen-bond donors (Lipinski definition) is 1. The molecule has 0 aromatic rings. The summed E-state index contributed by atoms with van der Waals surface area (Å²) in [5.74, 6) is 0.222. The van der Waals surface area contributed by atoms with Gasteiger partial charge >= 0.3 is 0 Å². The lowest BCUT2D eigenvalue weighted by Gasteiger charge is -2.40. The maximum Gasteiger partial charge on any atom is 0.129 e. The van der Waals surface area contributed by atoms with Crippen molar-refractivity contribution < 1.29 is 4.39 Å². The predicted octanol–water partition coefficient (Wildman–Crippen LogP) is 6.49. The number of nitrogens with zero attached hydrogens (tertiary/aromatic N) is 1. The Hall–Kier alpha value is -0.150. The molecule has 2 rings (SSSR count). The van der Waals surface area contributed by atoms with E-state index < -0.39 is 5.67 Å². The molecule has 0 amide bonds. The highest BCUT2D eigenvalue weighted by Gasteiger charge is 2.56. The zero-order valence-corrected chi connectivity index (χ0v) is 19.2. The molecule has 1 aliphatic carbocycles. The summed E-state index contributed by atoms with van der Waals surface area (Å²) in [5.41, 5.74) is -0.621. The van der Waals surface area contributed by atoms with Gasteiger partial charge in [-0.25, -0.2) is 4.39 Å². The quantitative estimate of drug-likeness (QED) is 0.388. The topological polar surface area (TPSA) is 15.3 Å². The first-order valence-electron chi connectivity index (χ1n) is 12.0. The number of likely N-dealkylation sites (tertiary alicyclic amines) is 1. The maximum atomic E-state index is 15.9. The molecular weight excluding hydrogens is 335 g/mol. The average molecular weight is 383 g/mol. The van der Waals surface area contributed by atoms with E-state index in [1.165, 1.54) is 44.9 Å². The van der Waals surface area contributed by atoms with Crippen molar-refractivity contribution in [2.75, 3.05) is 13.1 Å². The van der Waals surface area contributed by atoms with Gasteiger partial charge in [0.15, 0.2) is 0 Å². The minimum atomic E-state index is -0.974. The number of fused-ring (bicyclic) bond motifs is 1. The fraction of sp³-hybridized carbons (Fsp3) is 1.00. The molecule has 1 heterocycles. The van der Waals surface area contributed by atoms with Gasteiger partial charge in [0.25, 0.3) is 0 Å². The van der Waals surface area contributed by atoms with Crippen LogP contribution in [-0.2, 0) is 0 Å². The Balaban J connectivity index is 1.97. The molecule has 0 aromatic carbocycles. The van der Waals surface area contributed by atoms with Gasteiger partial charge in [-0.2, -0.15) is 0 Å². The van der Waals surface area contributed by atoms with Crippen LogP contribution in [0, 0.1) is 5.92 Å². The van der Waals surface area contributed by atoms with Crippen molar-refractivity contribution in [1.82, 2.24) is 10.2 Å². The Bertz CT molecular complexity index is 450. The third kappa shape index (κ3) is 5.47. The van der Waals surface area contributed by atoms with E-state index >= 15 is 4.39 Å². The summed E-state index contributed by atoms with van der Waals surface area (Å²) in [4.78, 5) is 2.54. The lowest BCUT2D eigenvalue weighted by atomic mass is 9.87. The Morgan fingerprint density at radius 3 is 2.26 bits per heavy atom. The van der Waals surface area contributed by atoms with Crippen LogP contribution in [0.2, 0.25) is 0 Å². The number of alkyl halides is 1. The van der Waals surface area contributed by atoms with Gasteiger partial charge in [0.05, 0.1) is 0 Å². The van der Waals surface area contributed by atoms with Gasteiger partial charge in [0.2, 0.25) is 0 Å². The van der Waals surface area contributed by atoms with Crippen LogP contribution in [0.4, 0.5) is 4.39 Å². The van der Waals surface area contributed by atoms with Gasteiger partial charge in [-0.1, -0.05) is 59.8 Å². The van der Waals surface area contributed by atoms with E-state index in [2.05, 4.69) is 51.8 Å². The highest BCUT2D eigenvalue weighted by atomic mass is 19.1. The fourth-order valence-corrected chi connectivity index (χ4v) is 5.67. The number of rotatable bonds is 12. The zero-order chi connectivity index (χ0) is 20.1. The van der Waals surface area contributed by atoms with Crippen LogP contribution in [0.3, 0.4) is 0 Å². The van der Waals surface area contributed by atoms with E-state index in [1.807, 2.05) is 0 Å². The summed E-state index contributed by atoms with van der Waals surface area (Å²) in [6.45, 7) is 15.4. The second-order valence-corrected chi connectivity index (χ2v) is 10.2. The van der Waals surface area contributed by atoms with E-state index in [0.717, 1.165) is 25.8 Å². The smallest absolute Gasteiger partial charge is 0.129 e. The van der Waals surface area contributed by atoms with Crippen LogP contribution < -0.4 is 5.32 Å². The molecule has 4 unspecified atom stereocenters. The lowest BCUT2D eigenvalue weighted by molar-refractivity contribution is 0.0740. The molecule has 4 atom stereocenters. The molecule has 1 aliphatic heterocycles. The molecule has 2 fully saturated rings. The first-order chi connectivity index (χ1) is 12.7. The second-order valence-electron chi connectivity index (χ2n) is 10.2. The van der Waals surface area contributed by atoms with Gasteiger partial charge in [0.1, 0.15) is 5.67 Å². The van der Waals surface area contributed by atoms with E-state index in [1.54, 1.807) is 0 Å². The van der Waals surface area contributed by atoms with Crippen LogP contribution in [0.15, 0.2) is 0 Å². The van der Waals surface area contributed by atoms with E-state index in [4.69, 9.17) is 0 Å². The Morgan fingerprint density at radius 2 is 1.70 bits per heavy atom. The molecule has 160 valence electrons.